The van der Waals surface area contributed by atoms with E-state index in [1.807, 2.05) is 0 Å². The Bertz CT molecular complexity index is 312. The quantitative estimate of drug-likeness (QED) is 0.793. The van der Waals surface area contributed by atoms with Crippen molar-refractivity contribution in [2.24, 2.45) is 5.92 Å². The van der Waals surface area contributed by atoms with Gasteiger partial charge >= 0.3 is 0 Å². The van der Waals surface area contributed by atoms with Gasteiger partial charge in [-0.3, -0.25) is 0 Å². The van der Waals surface area contributed by atoms with Crippen LogP contribution in [0, 0.1) is 5.92 Å². The molecule has 1 aromatic rings. The molecule has 100 valence electrons. The molecule has 0 atom stereocenters. The van der Waals surface area contributed by atoms with Crippen LogP contribution in [-0.2, 0) is 6.42 Å². The molecule has 1 fully saturated rings. The molecule has 0 saturated heterocycles. The predicted octanol–water partition coefficient (Wildman–Crippen LogP) is 4.18. The average Bonchev–Trinajstić information content (AvgIpc) is 2.42. The lowest BCUT2D eigenvalue weighted by molar-refractivity contribution is 0.279. The summed E-state index contributed by atoms with van der Waals surface area (Å²) in [6.45, 7) is 3.44. The van der Waals surface area contributed by atoms with E-state index < -0.39 is 0 Å². The second kappa shape index (κ2) is 7.58. The van der Waals surface area contributed by atoms with Crippen molar-refractivity contribution >= 4 is 0 Å². The minimum Gasteiger partial charge on any atom is -0.314 e. The van der Waals surface area contributed by atoms with E-state index in [1.165, 1.54) is 44.1 Å². The summed E-state index contributed by atoms with van der Waals surface area (Å²) < 4.78 is 0. The zero-order valence-corrected chi connectivity index (χ0v) is 11.7. The summed E-state index contributed by atoms with van der Waals surface area (Å²) in [5, 5.41) is 3.73. The smallest absolute Gasteiger partial charge is 0.00673 e. The highest BCUT2D eigenvalue weighted by Crippen LogP contribution is 2.27. The van der Waals surface area contributed by atoms with E-state index in [0.29, 0.717) is 0 Å². The molecule has 0 radical (unpaired) electrons. The van der Waals surface area contributed by atoms with Crippen molar-refractivity contribution in [3.8, 4) is 0 Å². The molecule has 0 aromatic heterocycles. The Labute approximate surface area is 112 Å². The van der Waals surface area contributed by atoms with Crippen LogP contribution in [0.25, 0.3) is 0 Å². The van der Waals surface area contributed by atoms with Crippen LogP contribution >= 0.6 is 0 Å². The van der Waals surface area contributed by atoms with E-state index in [9.17, 15) is 0 Å². The molecule has 0 unspecified atom stereocenters. The van der Waals surface area contributed by atoms with Crippen molar-refractivity contribution in [2.75, 3.05) is 6.54 Å². The molecule has 2 rings (SSSR count). The molecule has 1 aliphatic carbocycles. The summed E-state index contributed by atoms with van der Waals surface area (Å²) in [5.41, 5.74) is 1.45. The summed E-state index contributed by atoms with van der Waals surface area (Å²) in [5.74, 6) is 1.02. The highest BCUT2D eigenvalue weighted by Gasteiger charge is 2.19. The second-order valence-electron chi connectivity index (χ2n) is 5.70. The van der Waals surface area contributed by atoms with Crippen molar-refractivity contribution in [1.82, 2.24) is 5.32 Å². The number of hydrogen-bond donors (Lipinski definition) is 1. The van der Waals surface area contributed by atoms with E-state index in [2.05, 4.69) is 42.6 Å². The first-order valence-corrected chi connectivity index (χ1v) is 7.65. The van der Waals surface area contributed by atoms with Crippen molar-refractivity contribution < 1.29 is 0 Å². The van der Waals surface area contributed by atoms with Crippen LogP contribution in [0.3, 0.4) is 0 Å². The molecule has 0 bridgehead atoms. The summed E-state index contributed by atoms with van der Waals surface area (Å²) in [6.07, 6.45) is 9.62. The monoisotopic (exact) mass is 245 g/mol. The molecule has 1 aliphatic rings. The Balaban J connectivity index is 1.61. The van der Waals surface area contributed by atoms with Gasteiger partial charge in [-0.1, -0.05) is 50.1 Å². The highest BCUT2D eigenvalue weighted by molar-refractivity contribution is 5.14. The van der Waals surface area contributed by atoms with Crippen molar-refractivity contribution in [1.29, 1.82) is 0 Å². The number of hydrogen-bond acceptors (Lipinski definition) is 1. The normalized spacial score (nSPS) is 24.1. The maximum absolute atomic E-state index is 3.73. The Morgan fingerprint density at radius 2 is 1.78 bits per heavy atom. The fraction of sp³-hybridized carbons (Fsp3) is 0.647. The lowest BCUT2D eigenvalue weighted by Gasteiger charge is -2.29. The number of rotatable bonds is 6. The van der Waals surface area contributed by atoms with Crippen LogP contribution in [0.2, 0.25) is 0 Å². The second-order valence-corrected chi connectivity index (χ2v) is 5.70. The highest BCUT2D eigenvalue weighted by atomic mass is 14.9. The van der Waals surface area contributed by atoms with Crippen molar-refractivity contribution in [3.63, 3.8) is 0 Å². The zero-order chi connectivity index (χ0) is 12.6. The minimum absolute atomic E-state index is 0.779. The van der Waals surface area contributed by atoms with Gasteiger partial charge in [-0.25, -0.2) is 0 Å². The van der Waals surface area contributed by atoms with E-state index in [4.69, 9.17) is 0 Å². The standard InChI is InChI=1S/C17H27N/c1-2-6-15-9-11-17(12-10-15)18-14-13-16-7-4-3-5-8-16/h3-5,7-8,15,17-18H,2,6,9-14H2,1H3. The van der Waals surface area contributed by atoms with Crippen molar-refractivity contribution in [2.45, 2.75) is 57.9 Å². The third-order valence-electron chi connectivity index (χ3n) is 4.23. The fourth-order valence-electron chi connectivity index (χ4n) is 3.13. The third-order valence-corrected chi connectivity index (χ3v) is 4.23. The van der Waals surface area contributed by atoms with Gasteiger partial charge in [0.2, 0.25) is 0 Å². The summed E-state index contributed by atoms with van der Waals surface area (Å²) in [6, 6.07) is 11.6. The molecule has 1 nitrogen and oxygen atoms in total. The lowest BCUT2D eigenvalue weighted by Crippen LogP contribution is -2.34. The van der Waals surface area contributed by atoms with Gasteiger partial charge in [-0.15, -0.1) is 0 Å². The SMILES string of the molecule is CCCC1CCC(NCCc2ccccc2)CC1. The van der Waals surface area contributed by atoms with Gasteiger partial charge in [0.25, 0.3) is 0 Å². The Kier molecular flexibility index (Phi) is 5.73. The van der Waals surface area contributed by atoms with Gasteiger partial charge in [0.1, 0.15) is 0 Å². The number of benzene rings is 1. The van der Waals surface area contributed by atoms with E-state index in [-0.39, 0.29) is 0 Å². The minimum atomic E-state index is 0.779. The van der Waals surface area contributed by atoms with Crippen LogP contribution in [0.1, 0.15) is 51.0 Å². The molecular formula is C17H27N. The summed E-state index contributed by atoms with van der Waals surface area (Å²) >= 11 is 0. The molecule has 0 spiro atoms. The van der Waals surface area contributed by atoms with Crippen LogP contribution in [0.4, 0.5) is 0 Å². The molecule has 18 heavy (non-hydrogen) atoms. The first kappa shape index (κ1) is 13.6. The number of nitrogens with one attached hydrogen (secondary N) is 1. The Hall–Kier alpha value is -0.820. The first-order valence-electron chi connectivity index (χ1n) is 7.65. The molecule has 1 heteroatoms. The van der Waals surface area contributed by atoms with E-state index >= 15 is 0 Å². The van der Waals surface area contributed by atoms with E-state index in [1.54, 1.807) is 0 Å². The van der Waals surface area contributed by atoms with Gasteiger partial charge in [0.15, 0.2) is 0 Å². The topological polar surface area (TPSA) is 12.0 Å². The molecular weight excluding hydrogens is 218 g/mol. The van der Waals surface area contributed by atoms with Gasteiger partial charge in [-0.05, 0) is 50.1 Å². The van der Waals surface area contributed by atoms with E-state index in [0.717, 1.165) is 24.9 Å². The van der Waals surface area contributed by atoms with Crippen LogP contribution in [0.5, 0.6) is 0 Å². The third kappa shape index (κ3) is 4.45. The molecule has 1 aromatic carbocycles. The van der Waals surface area contributed by atoms with Gasteiger partial charge < -0.3 is 5.32 Å². The average molecular weight is 245 g/mol. The Morgan fingerprint density at radius 3 is 2.44 bits per heavy atom. The fourth-order valence-corrected chi connectivity index (χ4v) is 3.13. The van der Waals surface area contributed by atoms with Crippen LogP contribution < -0.4 is 5.32 Å². The molecule has 1 N–H and O–H groups in total. The van der Waals surface area contributed by atoms with Gasteiger partial charge in [-0.2, -0.15) is 0 Å². The van der Waals surface area contributed by atoms with Crippen LogP contribution in [0.15, 0.2) is 30.3 Å². The van der Waals surface area contributed by atoms with Gasteiger partial charge in [0.05, 0.1) is 0 Å². The zero-order valence-electron chi connectivity index (χ0n) is 11.7. The summed E-state index contributed by atoms with van der Waals surface area (Å²) in [4.78, 5) is 0. The largest absolute Gasteiger partial charge is 0.314 e. The summed E-state index contributed by atoms with van der Waals surface area (Å²) in [7, 11) is 0. The first-order chi connectivity index (χ1) is 8.88. The molecule has 1 saturated carbocycles. The lowest BCUT2D eigenvalue weighted by atomic mass is 9.83. The van der Waals surface area contributed by atoms with Gasteiger partial charge in [0, 0.05) is 6.04 Å². The molecule has 0 aliphatic heterocycles. The van der Waals surface area contributed by atoms with Crippen LogP contribution in [-0.4, -0.2) is 12.6 Å². The molecule has 0 heterocycles. The maximum atomic E-state index is 3.73. The van der Waals surface area contributed by atoms with Crippen molar-refractivity contribution in [3.05, 3.63) is 35.9 Å². The maximum Gasteiger partial charge on any atom is 0.00673 e. The Morgan fingerprint density at radius 1 is 1.06 bits per heavy atom. The predicted molar refractivity (Wildman–Crippen MR) is 78.8 cm³/mol. The molecule has 0 amide bonds.